The van der Waals surface area contributed by atoms with Gasteiger partial charge in [-0.2, -0.15) is 4.89 Å². The molecule has 2 aromatic rings. The Morgan fingerprint density at radius 3 is 2.13 bits per heavy atom. The monoisotopic (exact) mass is 432 g/mol. The first-order chi connectivity index (χ1) is 14.3. The Balaban J connectivity index is 1.40. The number of hydrogen-bond donors (Lipinski definition) is 2. The molecule has 1 heterocycles. The van der Waals surface area contributed by atoms with Gasteiger partial charge in [0.25, 0.3) is 5.79 Å². The van der Waals surface area contributed by atoms with Crippen molar-refractivity contribution in [3.63, 3.8) is 0 Å². The number of ether oxygens (including phenoxy) is 1. The summed E-state index contributed by atoms with van der Waals surface area (Å²) in [6.07, 6.45) is 6.07. The first-order valence-corrected chi connectivity index (χ1v) is 12.1. The van der Waals surface area contributed by atoms with Crippen LogP contribution in [0.1, 0.15) is 37.7 Å². The molecule has 0 aromatic heterocycles. The zero-order chi connectivity index (χ0) is 20.7. The van der Waals surface area contributed by atoms with E-state index in [-0.39, 0.29) is 5.75 Å². The molecule has 4 aliphatic carbocycles. The van der Waals surface area contributed by atoms with E-state index in [4.69, 9.17) is 28.8 Å². The zero-order valence-corrected chi connectivity index (χ0v) is 17.6. The van der Waals surface area contributed by atoms with Crippen LogP contribution >= 0.6 is 7.82 Å². The molecular formula is C22H25O7P. The number of phosphoric acid groups is 1. The van der Waals surface area contributed by atoms with Crippen molar-refractivity contribution < 1.29 is 33.4 Å². The Morgan fingerprint density at radius 2 is 1.57 bits per heavy atom. The summed E-state index contributed by atoms with van der Waals surface area (Å²) < 4.78 is 21.9. The second-order valence-electron chi connectivity index (χ2n) is 9.39. The van der Waals surface area contributed by atoms with Crippen molar-refractivity contribution in [1.29, 1.82) is 0 Å². The van der Waals surface area contributed by atoms with E-state index in [2.05, 4.69) is 0 Å². The van der Waals surface area contributed by atoms with Gasteiger partial charge in [0.1, 0.15) is 5.75 Å². The van der Waals surface area contributed by atoms with Gasteiger partial charge in [-0.25, -0.2) is 9.45 Å². The van der Waals surface area contributed by atoms with Crippen LogP contribution in [0.5, 0.6) is 5.75 Å². The zero-order valence-electron chi connectivity index (χ0n) is 16.7. The number of rotatable bonds is 4. The lowest BCUT2D eigenvalue weighted by Gasteiger charge is -2.68. The quantitative estimate of drug-likeness (QED) is 0.550. The van der Waals surface area contributed by atoms with E-state index in [1.165, 1.54) is 32.1 Å². The fourth-order valence-corrected chi connectivity index (χ4v) is 7.37. The van der Waals surface area contributed by atoms with Gasteiger partial charge < -0.3 is 9.26 Å². The third kappa shape index (κ3) is 2.54. The van der Waals surface area contributed by atoms with Crippen molar-refractivity contribution in [2.45, 2.75) is 43.5 Å². The predicted octanol–water partition coefficient (Wildman–Crippen LogP) is 4.27. The molecule has 8 heteroatoms. The maximum atomic E-state index is 11.1. The molecule has 1 unspecified atom stereocenters. The number of benzene rings is 2. The highest BCUT2D eigenvalue weighted by molar-refractivity contribution is 7.46. The second kappa shape index (κ2) is 6.28. The van der Waals surface area contributed by atoms with E-state index < -0.39 is 19.2 Å². The van der Waals surface area contributed by atoms with E-state index in [1.807, 2.05) is 18.2 Å². The first kappa shape index (κ1) is 19.2. The summed E-state index contributed by atoms with van der Waals surface area (Å²) >= 11 is 0. The number of phosphoric ester groups is 1. The minimum Gasteiger partial charge on any atom is -0.404 e. The van der Waals surface area contributed by atoms with Crippen molar-refractivity contribution in [2.75, 3.05) is 7.11 Å². The molecule has 7 rings (SSSR count). The van der Waals surface area contributed by atoms with Crippen LogP contribution in [0.2, 0.25) is 0 Å². The number of methoxy groups -OCH3 is 1. The Labute approximate surface area is 174 Å². The van der Waals surface area contributed by atoms with Crippen molar-refractivity contribution in [1.82, 2.24) is 0 Å². The molecule has 1 spiro atoms. The van der Waals surface area contributed by atoms with Gasteiger partial charge >= 0.3 is 7.82 Å². The highest BCUT2D eigenvalue weighted by Crippen LogP contribution is 2.69. The molecule has 5 aliphatic rings. The van der Waals surface area contributed by atoms with Crippen molar-refractivity contribution in [3.8, 4) is 5.75 Å². The minimum atomic E-state index is -4.59. The summed E-state index contributed by atoms with van der Waals surface area (Å²) in [5.74, 6) is 1.70. The molecule has 2 N–H and O–H groups in total. The van der Waals surface area contributed by atoms with Crippen LogP contribution in [0, 0.1) is 23.7 Å². The van der Waals surface area contributed by atoms with Gasteiger partial charge in [-0.1, -0.05) is 18.2 Å². The van der Waals surface area contributed by atoms with E-state index >= 15 is 0 Å². The lowest BCUT2D eigenvalue weighted by Crippen LogP contribution is -2.76. The highest BCUT2D eigenvalue weighted by Gasteiger charge is 2.76. The standard InChI is InChI=1S/C22H25O7P/c1-26-22(21(28-29-22)18-7-13-6-14(9-18)10-19(21)8-13)17-4-2-16-12-20(27-30(23,24)25)5-3-15(16)11-17/h2-5,11-14,18-19H,6-10H2,1H3,(H2,23,24,25). The van der Waals surface area contributed by atoms with Crippen LogP contribution in [0.15, 0.2) is 36.4 Å². The van der Waals surface area contributed by atoms with Gasteiger partial charge in [-0.3, -0.25) is 9.79 Å². The molecule has 1 atom stereocenters. The Morgan fingerprint density at radius 1 is 0.933 bits per heavy atom. The third-order valence-electron chi connectivity index (χ3n) is 7.87. The van der Waals surface area contributed by atoms with E-state index in [1.54, 1.807) is 25.3 Å². The van der Waals surface area contributed by atoms with Gasteiger partial charge in [0.15, 0.2) is 5.60 Å². The van der Waals surface area contributed by atoms with Crippen molar-refractivity contribution in [2.24, 2.45) is 23.7 Å². The normalized spacial score (nSPS) is 39.4. The molecule has 160 valence electrons. The fraction of sp³-hybridized carbons (Fsp3) is 0.545. The molecule has 2 aromatic carbocycles. The highest BCUT2D eigenvalue weighted by atomic mass is 31.2. The summed E-state index contributed by atoms with van der Waals surface area (Å²) in [7, 11) is -2.90. The van der Waals surface area contributed by atoms with Crippen LogP contribution in [0.3, 0.4) is 0 Å². The van der Waals surface area contributed by atoms with Crippen LogP contribution < -0.4 is 4.52 Å². The van der Waals surface area contributed by atoms with Gasteiger partial charge in [-0.15, -0.1) is 0 Å². The van der Waals surface area contributed by atoms with Crippen LogP contribution in [0.4, 0.5) is 0 Å². The molecular weight excluding hydrogens is 407 g/mol. The lowest BCUT2D eigenvalue weighted by molar-refractivity contribution is -0.645. The average molecular weight is 432 g/mol. The largest absolute Gasteiger partial charge is 0.524 e. The van der Waals surface area contributed by atoms with Gasteiger partial charge in [0, 0.05) is 12.7 Å². The van der Waals surface area contributed by atoms with E-state index in [9.17, 15) is 4.57 Å². The SMILES string of the molecule is COC1(c2ccc3cc(OP(=O)(O)O)ccc3c2)OOC12C1CC3CC(C1)CC2C3. The van der Waals surface area contributed by atoms with Gasteiger partial charge in [0.05, 0.1) is 0 Å². The molecule has 4 bridgehead atoms. The molecule has 1 saturated heterocycles. The lowest BCUT2D eigenvalue weighted by atomic mass is 9.47. The Hall–Kier alpha value is -1.47. The summed E-state index contributed by atoms with van der Waals surface area (Å²) in [4.78, 5) is 29.9. The molecule has 4 saturated carbocycles. The summed E-state index contributed by atoms with van der Waals surface area (Å²) in [5, 5.41) is 1.73. The summed E-state index contributed by atoms with van der Waals surface area (Å²) in [6, 6.07) is 10.9. The number of hydrogen-bond acceptors (Lipinski definition) is 5. The van der Waals surface area contributed by atoms with Gasteiger partial charge in [0.2, 0.25) is 0 Å². The van der Waals surface area contributed by atoms with Gasteiger partial charge in [-0.05, 0) is 84.7 Å². The second-order valence-corrected chi connectivity index (χ2v) is 10.6. The van der Waals surface area contributed by atoms with Crippen LogP contribution in [-0.4, -0.2) is 22.5 Å². The molecule has 30 heavy (non-hydrogen) atoms. The molecule has 7 nitrogen and oxygen atoms in total. The molecule has 1 aliphatic heterocycles. The maximum absolute atomic E-state index is 11.1. The van der Waals surface area contributed by atoms with Crippen LogP contribution in [-0.2, 0) is 24.9 Å². The average Bonchev–Trinajstić information content (AvgIpc) is 2.66. The molecule has 5 fully saturated rings. The van der Waals surface area contributed by atoms with Crippen LogP contribution in [0.25, 0.3) is 10.8 Å². The summed E-state index contributed by atoms with van der Waals surface area (Å²) in [6.45, 7) is 0. The minimum absolute atomic E-state index is 0.130. The van der Waals surface area contributed by atoms with Crippen molar-refractivity contribution in [3.05, 3.63) is 42.0 Å². The van der Waals surface area contributed by atoms with E-state index in [0.717, 1.165) is 28.2 Å². The third-order valence-corrected chi connectivity index (χ3v) is 8.31. The topological polar surface area (TPSA) is 94.5 Å². The smallest absolute Gasteiger partial charge is 0.404 e. The van der Waals surface area contributed by atoms with E-state index in [0.29, 0.717) is 11.8 Å². The number of fused-ring (bicyclic) bond motifs is 1. The molecule has 0 amide bonds. The molecule has 0 radical (unpaired) electrons. The fourth-order valence-electron chi connectivity index (χ4n) is 6.98. The van der Waals surface area contributed by atoms with Crippen molar-refractivity contribution >= 4 is 18.6 Å². The summed E-state index contributed by atoms with van der Waals surface area (Å²) in [5.41, 5.74) is 0.478. The Kier molecular flexibility index (Phi) is 4.03. The first-order valence-electron chi connectivity index (χ1n) is 10.5. The Bertz CT molecular complexity index is 1030. The predicted molar refractivity (Wildman–Crippen MR) is 107 cm³/mol. The maximum Gasteiger partial charge on any atom is 0.524 e.